The van der Waals surface area contributed by atoms with Gasteiger partial charge in [-0.25, -0.2) is 4.98 Å². The molecule has 0 saturated heterocycles. The molecule has 9 heteroatoms. The van der Waals surface area contributed by atoms with Gasteiger partial charge in [0.2, 0.25) is 0 Å². The van der Waals surface area contributed by atoms with Crippen LogP contribution < -0.4 is 5.56 Å². The molecule has 30 heavy (non-hydrogen) atoms. The summed E-state index contributed by atoms with van der Waals surface area (Å²) in [6.45, 7) is 1.06. The molecule has 2 aromatic heterocycles. The Morgan fingerprint density at radius 2 is 2.00 bits per heavy atom. The van der Waals surface area contributed by atoms with Crippen LogP contribution in [0.15, 0.2) is 63.0 Å². The van der Waals surface area contributed by atoms with Gasteiger partial charge >= 0.3 is 0 Å². The first-order chi connectivity index (χ1) is 14.7. The monoisotopic (exact) mass is 442 g/mol. The van der Waals surface area contributed by atoms with Crippen LogP contribution >= 0.6 is 23.4 Å². The maximum absolute atomic E-state index is 13.0. The number of aromatic nitrogens is 4. The molecule has 7 nitrogen and oxygen atoms in total. The third-order valence-electron chi connectivity index (χ3n) is 4.43. The van der Waals surface area contributed by atoms with E-state index in [1.165, 1.54) is 11.8 Å². The second-order valence-electron chi connectivity index (χ2n) is 6.53. The lowest BCUT2D eigenvalue weighted by atomic mass is 10.2. The summed E-state index contributed by atoms with van der Waals surface area (Å²) in [5.74, 6) is 1.41. The molecule has 0 amide bonds. The van der Waals surface area contributed by atoms with Gasteiger partial charge < -0.3 is 9.26 Å². The first kappa shape index (κ1) is 20.6. The van der Waals surface area contributed by atoms with Gasteiger partial charge in [0.05, 0.1) is 16.7 Å². The van der Waals surface area contributed by atoms with E-state index in [1.807, 2.05) is 30.3 Å². The lowest BCUT2D eigenvalue weighted by molar-refractivity contribution is 0.189. The zero-order valence-corrected chi connectivity index (χ0v) is 17.8. The highest BCUT2D eigenvalue weighted by Crippen LogP contribution is 2.24. The van der Waals surface area contributed by atoms with Crippen molar-refractivity contribution < 1.29 is 9.26 Å². The quantitative estimate of drug-likeness (QED) is 0.227. The predicted molar refractivity (Wildman–Crippen MR) is 117 cm³/mol. The van der Waals surface area contributed by atoms with Crippen molar-refractivity contribution in [1.82, 2.24) is 19.7 Å². The lowest BCUT2D eigenvalue weighted by Crippen LogP contribution is -2.24. The standard InChI is InChI=1S/C21H19ClN4O3S/c1-28-11-5-10-26-20(27)16-9-8-15(22)12-17(16)23-21(26)30-13-18-24-19(29-25-18)14-6-3-2-4-7-14/h2-4,6-9,12H,5,10-11,13H2,1H3. The van der Waals surface area contributed by atoms with Crippen molar-refractivity contribution in [3.05, 3.63) is 69.7 Å². The summed E-state index contributed by atoms with van der Waals surface area (Å²) in [6, 6.07) is 14.7. The average Bonchev–Trinajstić information content (AvgIpc) is 3.23. The molecule has 0 saturated carbocycles. The van der Waals surface area contributed by atoms with Gasteiger partial charge in [-0.3, -0.25) is 9.36 Å². The van der Waals surface area contributed by atoms with Crippen molar-refractivity contribution in [3.8, 4) is 11.5 Å². The summed E-state index contributed by atoms with van der Waals surface area (Å²) in [5.41, 5.74) is 1.32. The summed E-state index contributed by atoms with van der Waals surface area (Å²) in [7, 11) is 1.64. The van der Waals surface area contributed by atoms with E-state index in [-0.39, 0.29) is 5.56 Å². The zero-order valence-electron chi connectivity index (χ0n) is 16.2. The Labute approximate surface area is 182 Å². The number of halogens is 1. The number of methoxy groups -OCH3 is 1. The summed E-state index contributed by atoms with van der Waals surface area (Å²) >= 11 is 7.48. The van der Waals surface area contributed by atoms with E-state index in [0.717, 1.165) is 5.56 Å². The van der Waals surface area contributed by atoms with E-state index in [2.05, 4.69) is 15.1 Å². The van der Waals surface area contributed by atoms with Gasteiger partial charge in [-0.1, -0.05) is 46.7 Å². The van der Waals surface area contributed by atoms with Gasteiger partial charge in [0.1, 0.15) is 0 Å². The molecular formula is C21H19ClN4O3S. The van der Waals surface area contributed by atoms with Crippen LogP contribution in [0.3, 0.4) is 0 Å². The fourth-order valence-electron chi connectivity index (χ4n) is 2.99. The van der Waals surface area contributed by atoms with Crippen molar-refractivity contribution in [2.24, 2.45) is 0 Å². The van der Waals surface area contributed by atoms with Crippen molar-refractivity contribution in [1.29, 1.82) is 0 Å². The molecule has 2 heterocycles. The van der Waals surface area contributed by atoms with E-state index in [9.17, 15) is 4.79 Å². The highest BCUT2D eigenvalue weighted by molar-refractivity contribution is 7.98. The van der Waals surface area contributed by atoms with Crippen molar-refractivity contribution in [3.63, 3.8) is 0 Å². The predicted octanol–water partition coefficient (Wildman–Crippen LogP) is 4.43. The van der Waals surface area contributed by atoms with Gasteiger partial charge in [0, 0.05) is 30.8 Å². The number of hydrogen-bond donors (Lipinski definition) is 0. The molecule has 0 aliphatic heterocycles. The highest BCUT2D eigenvalue weighted by Gasteiger charge is 2.14. The fraction of sp³-hybridized carbons (Fsp3) is 0.238. The lowest BCUT2D eigenvalue weighted by Gasteiger charge is -2.12. The molecule has 0 unspecified atom stereocenters. The molecular weight excluding hydrogens is 424 g/mol. The normalized spacial score (nSPS) is 11.3. The smallest absolute Gasteiger partial charge is 0.262 e. The Hall–Kier alpha value is -2.68. The molecule has 4 aromatic rings. The maximum Gasteiger partial charge on any atom is 0.262 e. The minimum atomic E-state index is -0.103. The van der Waals surface area contributed by atoms with E-state index < -0.39 is 0 Å². The van der Waals surface area contributed by atoms with Gasteiger partial charge in [-0.15, -0.1) is 0 Å². The SMILES string of the molecule is COCCCn1c(SCc2noc(-c3ccccc3)n2)nc2cc(Cl)ccc2c1=O. The second kappa shape index (κ2) is 9.42. The van der Waals surface area contributed by atoms with Crippen LogP contribution in [0.1, 0.15) is 12.2 Å². The molecule has 0 bridgehead atoms. The summed E-state index contributed by atoms with van der Waals surface area (Å²) < 4.78 is 12.2. The Balaban J connectivity index is 1.61. The molecule has 2 aromatic carbocycles. The number of hydrogen-bond acceptors (Lipinski definition) is 7. The van der Waals surface area contributed by atoms with Gasteiger partial charge in [0.25, 0.3) is 11.4 Å². The second-order valence-corrected chi connectivity index (χ2v) is 7.91. The maximum atomic E-state index is 13.0. The highest BCUT2D eigenvalue weighted by atomic mass is 35.5. The van der Waals surface area contributed by atoms with Crippen LogP contribution in [0.2, 0.25) is 5.02 Å². The molecule has 0 atom stereocenters. The van der Waals surface area contributed by atoms with Crippen molar-refractivity contribution >= 4 is 34.3 Å². The van der Waals surface area contributed by atoms with E-state index >= 15 is 0 Å². The number of nitrogens with zero attached hydrogens (tertiary/aromatic N) is 4. The Kier molecular flexibility index (Phi) is 6.47. The van der Waals surface area contributed by atoms with E-state index in [0.29, 0.717) is 58.1 Å². The molecule has 0 radical (unpaired) electrons. The van der Waals surface area contributed by atoms with Gasteiger partial charge in [-0.05, 0) is 36.8 Å². The van der Waals surface area contributed by atoms with Crippen LogP contribution in [0.4, 0.5) is 0 Å². The zero-order chi connectivity index (χ0) is 20.9. The van der Waals surface area contributed by atoms with Crippen LogP contribution in [0.5, 0.6) is 0 Å². The third kappa shape index (κ3) is 4.56. The summed E-state index contributed by atoms with van der Waals surface area (Å²) in [6.07, 6.45) is 0.700. The summed E-state index contributed by atoms with van der Waals surface area (Å²) in [4.78, 5) is 22.1. The van der Waals surface area contributed by atoms with E-state index in [1.54, 1.807) is 29.9 Å². The fourth-order valence-corrected chi connectivity index (χ4v) is 4.02. The van der Waals surface area contributed by atoms with Crippen LogP contribution in [-0.2, 0) is 17.0 Å². The molecule has 0 spiro atoms. The van der Waals surface area contributed by atoms with Crippen LogP contribution in [0.25, 0.3) is 22.4 Å². The Morgan fingerprint density at radius 1 is 1.17 bits per heavy atom. The molecule has 4 rings (SSSR count). The third-order valence-corrected chi connectivity index (χ3v) is 5.64. The number of fused-ring (bicyclic) bond motifs is 1. The number of ether oxygens (including phenoxy) is 1. The summed E-state index contributed by atoms with van der Waals surface area (Å²) in [5, 5.41) is 5.70. The first-order valence-electron chi connectivity index (χ1n) is 9.35. The number of rotatable bonds is 8. The van der Waals surface area contributed by atoms with Crippen LogP contribution in [-0.4, -0.2) is 33.4 Å². The molecule has 154 valence electrons. The van der Waals surface area contributed by atoms with Gasteiger partial charge in [0.15, 0.2) is 11.0 Å². The first-order valence-corrected chi connectivity index (χ1v) is 10.7. The largest absolute Gasteiger partial charge is 0.385 e. The van der Waals surface area contributed by atoms with Gasteiger partial charge in [-0.2, -0.15) is 4.98 Å². The average molecular weight is 443 g/mol. The minimum Gasteiger partial charge on any atom is -0.385 e. The Bertz CT molecular complexity index is 1210. The van der Waals surface area contributed by atoms with Crippen molar-refractivity contribution in [2.75, 3.05) is 13.7 Å². The van der Waals surface area contributed by atoms with Crippen LogP contribution in [0, 0.1) is 0 Å². The topological polar surface area (TPSA) is 83.0 Å². The molecule has 0 fully saturated rings. The van der Waals surface area contributed by atoms with Crippen molar-refractivity contribution in [2.45, 2.75) is 23.9 Å². The molecule has 0 N–H and O–H groups in total. The molecule has 0 aliphatic rings. The van der Waals surface area contributed by atoms with E-state index in [4.69, 9.17) is 20.9 Å². The Morgan fingerprint density at radius 3 is 2.80 bits per heavy atom. The number of thioether (sulfide) groups is 1. The molecule has 0 aliphatic carbocycles. The minimum absolute atomic E-state index is 0.103. The number of benzene rings is 2.